The highest BCUT2D eigenvalue weighted by Crippen LogP contribution is 2.25. The van der Waals surface area contributed by atoms with Gasteiger partial charge in [0.2, 0.25) is 5.89 Å². The molecule has 100 valence electrons. The van der Waals surface area contributed by atoms with E-state index in [4.69, 9.17) is 16.0 Å². The number of thioether (sulfide) groups is 1. The van der Waals surface area contributed by atoms with Crippen molar-refractivity contribution in [1.82, 2.24) is 10.2 Å². The molecule has 0 fully saturated rings. The van der Waals surface area contributed by atoms with E-state index in [2.05, 4.69) is 10.2 Å². The van der Waals surface area contributed by atoms with E-state index in [1.807, 2.05) is 12.1 Å². The summed E-state index contributed by atoms with van der Waals surface area (Å²) in [5.74, 6) is 1.44. The van der Waals surface area contributed by atoms with Crippen LogP contribution in [0.1, 0.15) is 19.8 Å². The first kappa shape index (κ1) is 14.1. The molecule has 19 heavy (non-hydrogen) atoms. The van der Waals surface area contributed by atoms with Gasteiger partial charge in [0.05, 0.1) is 0 Å². The molecule has 0 spiro atoms. The second-order valence-corrected chi connectivity index (χ2v) is 5.52. The molecule has 6 heteroatoms. The standard InChI is InChI=1S/C13H13ClN2O2S/c1-9(17)4-3-7-19-13-16-15-12(18-13)10-5-2-6-11(14)8-10/h2,5-6,8H,3-4,7H2,1H3. The number of benzene rings is 1. The lowest BCUT2D eigenvalue weighted by atomic mass is 10.2. The minimum absolute atomic E-state index is 0.200. The smallest absolute Gasteiger partial charge is 0.276 e. The molecule has 0 N–H and O–H groups in total. The lowest BCUT2D eigenvalue weighted by Crippen LogP contribution is -1.90. The van der Waals surface area contributed by atoms with Crippen molar-refractivity contribution in [3.05, 3.63) is 29.3 Å². The minimum atomic E-state index is 0.200. The zero-order valence-electron chi connectivity index (χ0n) is 10.4. The van der Waals surface area contributed by atoms with Crippen LogP contribution in [0.3, 0.4) is 0 Å². The van der Waals surface area contributed by atoms with Crippen LogP contribution in [-0.2, 0) is 4.79 Å². The monoisotopic (exact) mass is 296 g/mol. The summed E-state index contributed by atoms with van der Waals surface area (Å²) < 4.78 is 5.53. The average molecular weight is 297 g/mol. The van der Waals surface area contributed by atoms with Gasteiger partial charge < -0.3 is 9.21 Å². The molecule has 1 aromatic heterocycles. The Labute approximate surface area is 120 Å². The number of rotatable bonds is 6. The first-order valence-corrected chi connectivity index (χ1v) is 7.23. The molecule has 2 aromatic rings. The second-order valence-electron chi connectivity index (χ2n) is 4.04. The van der Waals surface area contributed by atoms with Gasteiger partial charge in [-0.1, -0.05) is 29.4 Å². The number of hydrogen-bond donors (Lipinski definition) is 0. The maximum atomic E-state index is 10.8. The van der Waals surface area contributed by atoms with Gasteiger partial charge in [0.25, 0.3) is 5.22 Å². The molecular weight excluding hydrogens is 284 g/mol. The van der Waals surface area contributed by atoms with E-state index in [9.17, 15) is 4.79 Å². The topological polar surface area (TPSA) is 56.0 Å². The van der Waals surface area contributed by atoms with Crippen molar-refractivity contribution in [2.24, 2.45) is 0 Å². The van der Waals surface area contributed by atoms with Gasteiger partial charge in [0, 0.05) is 22.8 Å². The second kappa shape index (κ2) is 6.73. The Morgan fingerprint density at radius 1 is 1.42 bits per heavy atom. The van der Waals surface area contributed by atoms with Crippen LogP contribution in [0.2, 0.25) is 5.02 Å². The van der Waals surface area contributed by atoms with Crippen LogP contribution in [0.25, 0.3) is 11.5 Å². The van der Waals surface area contributed by atoms with Gasteiger partial charge in [-0.05, 0) is 31.5 Å². The number of hydrogen-bond acceptors (Lipinski definition) is 5. The van der Waals surface area contributed by atoms with E-state index < -0.39 is 0 Å². The van der Waals surface area contributed by atoms with Crippen LogP contribution in [-0.4, -0.2) is 21.7 Å². The number of halogens is 1. The summed E-state index contributed by atoms with van der Waals surface area (Å²) in [5, 5.41) is 9.08. The summed E-state index contributed by atoms with van der Waals surface area (Å²) in [7, 11) is 0. The van der Waals surface area contributed by atoms with Crippen LogP contribution >= 0.6 is 23.4 Å². The predicted molar refractivity (Wildman–Crippen MR) is 75.4 cm³/mol. The van der Waals surface area contributed by atoms with E-state index in [1.54, 1.807) is 19.1 Å². The van der Waals surface area contributed by atoms with Crippen molar-refractivity contribution < 1.29 is 9.21 Å². The third-order valence-corrected chi connectivity index (χ3v) is 3.52. The molecule has 1 heterocycles. The Balaban J connectivity index is 1.94. The molecule has 0 saturated carbocycles. The summed E-state index contributed by atoms with van der Waals surface area (Å²) in [4.78, 5) is 10.8. The van der Waals surface area contributed by atoms with E-state index in [1.165, 1.54) is 11.8 Å². The number of carbonyl (C=O) groups excluding carboxylic acids is 1. The normalized spacial score (nSPS) is 10.6. The fourth-order valence-corrected chi connectivity index (χ4v) is 2.38. The lowest BCUT2D eigenvalue weighted by Gasteiger charge is -1.95. The van der Waals surface area contributed by atoms with Crippen molar-refractivity contribution >= 4 is 29.1 Å². The van der Waals surface area contributed by atoms with Crippen molar-refractivity contribution in [2.45, 2.75) is 25.0 Å². The highest BCUT2D eigenvalue weighted by molar-refractivity contribution is 7.99. The average Bonchev–Trinajstić information content (AvgIpc) is 2.83. The Morgan fingerprint density at radius 3 is 3.00 bits per heavy atom. The van der Waals surface area contributed by atoms with Crippen molar-refractivity contribution in [3.63, 3.8) is 0 Å². The summed E-state index contributed by atoms with van der Waals surface area (Å²) in [6, 6.07) is 7.27. The molecule has 1 aromatic carbocycles. The molecule has 0 amide bonds. The van der Waals surface area contributed by atoms with Crippen LogP contribution < -0.4 is 0 Å². The van der Waals surface area contributed by atoms with Gasteiger partial charge in [0.1, 0.15) is 5.78 Å². The summed E-state index contributed by atoms with van der Waals surface area (Å²) >= 11 is 7.36. The summed E-state index contributed by atoms with van der Waals surface area (Å²) in [6.07, 6.45) is 1.40. The predicted octanol–water partition coefficient (Wildman–Crippen LogP) is 3.85. The van der Waals surface area contributed by atoms with Crippen molar-refractivity contribution in [1.29, 1.82) is 0 Å². The Hall–Kier alpha value is -1.33. The molecule has 0 unspecified atom stereocenters. The molecule has 0 aliphatic heterocycles. The number of carbonyl (C=O) groups is 1. The van der Waals surface area contributed by atoms with Gasteiger partial charge >= 0.3 is 0 Å². The Kier molecular flexibility index (Phi) is 4.99. The highest BCUT2D eigenvalue weighted by atomic mass is 35.5. The summed E-state index contributed by atoms with van der Waals surface area (Å²) in [6.45, 7) is 1.59. The molecule has 0 saturated heterocycles. The van der Waals surface area contributed by atoms with Crippen molar-refractivity contribution in [2.75, 3.05) is 5.75 Å². The fourth-order valence-electron chi connectivity index (χ4n) is 1.49. The number of aromatic nitrogens is 2. The zero-order chi connectivity index (χ0) is 13.7. The van der Waals surface area contributed by atoms with Gasteiger partial charge in [-0.3, -0.25) is 0 Å². The number of ketones is 1. The summed E-state index contributed by atoms with van der Waals surface area (Å²) in [5.41, 5.74) is 0.801. The van der Waals surface area contributed by atoms with E-state index in [-0.39, 0.29) is 5.78 Å². The molecular formula is C13H13ClN2O2S. The van der Waals surface area contributed by atoms with Crippen molar-refractivity contribution in [3.8, 4) is 11.5 Å². The van der Waals surface area contributed by atoms with Gasteiger partial charge in [0.15, 0.2) is 0 Å². The fraction of sp³-hybridized carbons (Fsp3) is 0.308. The van der Waals surface area contributed by atoms with Gasteiger partial charge in [-0.25, -0.2) is 0 Å². The van der Waals surface area contributed by atoms with Gasteiger partial charge in [-0.15, -0.1) is 10.2 Å². The molecule has 0 aliphatic carbocycles. The maximum absolute atomic E-state index is 10.8. The van der Waals surface area contributed by atoms with E-state index in [0.29, 0.717) is 22.6 Å². The molecule has 0 atom stereocenters. The van der Waals surface area contributed by atoms with Gasteiger partial charge in [-0.2, -0.15) is 0 Å². The zero-order valence-corrected chi connectivity index (χ0v) is 12.0. The quantitative estimate of drug-likeness (QED) is 0.598. The molecule has 2 rings (SSSR count). The Morgan fingerprint density at radius 2 is 2.26 bits per heavy atom. The molecule has 0 radical (unpaired) electrons. The van der Waals surface area contributed by atoms with Crippen LogP contribution in [0.4, 0.5) is 0 Å². The molecule has 0 bridgehead atoms. The highest BCUT2D eigenvalue weighted by Gasteiger charge is 2.09. The Bertz CT molecular complexity index is 571. The third kappa shape index (κ3) is 4.36. The largest absolute Gasteiger partial charge is 0.411 e. The van der Waals surface area contributed by atoms with Crippen LogP contribution in [0.5, 0.6) is 0 Å². The number of nitrogens with zero attached hydrogens (tertiary/aromatic N) is 2. The van der Waals surface area contributed by atoms with Crippen LogP contribution in [0, 0.1) is 0 Å². The van der Waals surface area contributed by atoms with E-state index >= 15 is 0 Å². The SMILES string of the molecule is CC(=O)CCCSc1nnc(-c2cccc(Cl)c2)o1. The molecule has 4 nitrogen and oxygen atoms in total. The number of Topliss-reactive ketones (excluding diaryl/α,β-unsaturated/α-hetero) is 1. The minimum Gasteiger partial charge on any atom is -0.411 e. The third-order valence-electron chi connectivity index (χ3n) is 2.38. The molecule has 0 aliphatic rings. The van der Waals surface area contributed by atoms with E-state index in [0.717, 1.165) is 17.7 Å². The first-order valence-electron chi connectivity index (χ1n) is 5.87. The first-order chi connectivity index (χ1) is 9.15. The van der Waals surface area contributed by atoms with Crippen LogP contribution in [0.15, 0.2) is 33.9 Å². The lowest BCUT2D eigenvalue weighted by molar-refractivity contribution is -0.117. The maximum Gasteiger partial charge on any atom is 0.276 e.